The summed E-state index contributed by atoms with van der Waals surface area (Å²) >= 11 is 0. The second-order valence-electron chi connectivity index (χ2n) is 4.74. The van der Waals surface area contributed by atoms with Crippen molar-refractivity contribution in [1.82, 2.24) is 0 Å². The van der Waals surface area contributed by atoms with Gasteiger partial charge >= 0.3 is 11.6 Å². The molecule has 0 atom stereocenters. The van der Waals surface area contributed by atoms with Crippen molar-refractivity contribution >= 4 is 16.9 Å². The van der Waals surface area contributed by atoms with Crippen molar-refractivity contribution in [1.29, 1.82) is 0 Å². The lowest BCUT2D eigenvalue weighted by atomic mass is 10.0. The maximum atomic E-state index is 12.1. The van der Waals surface area contributed by atoms with Crippen LogP contribution in [-0.4, -0.2) is 19.7 Å². The maximum absolute atomic E-state index is 12.1. The van der Waals surface area contributed by atoms with Crippen molar-refractivity contribution < 1.29 is 18.7 Å². The highest BCUT2D eigenvalue weighted by Crippen LogP contribution is 2.29. The molecule has 5 heteroatoms. The Kier molecular flexibility index (Phi) is 4.31. The van der Waals surface area contributed by atoms with E-state index in [-0.39, 0.29) is 6.42 Å². The molecule has 0 saturated carbocycles. The molecular weight excluding hydrogens is 272 g/mol. The van der Waals surface area contributed by atoms with Crippen LogP contribution in [-0.2, 0) is 16.0 Å². The van der Waals surface area contributed by atoms with E-state index in [1.165, 1.54) is 7.11 Å². The number of ether oxygens (including phenoxy) is 2. The first kappa shape index (κ1) is 15.1. The van der Waals surface area contributed by atoms with Gasteiger partial charge in [0.1, 0.15) is 11.3 Å². The van der Waals surface area contributed by atoms with Crippen LogP contribution in [0.25, 0.3) is 11.0 Å². The minimum Gasteiger partial charge on any atom is -0.493 e. The number of hydrogen-bond donors (Lipinski definition) is 0. The molecule has 0 spiro atoms. The zero-order chi connectivity index (χ0) is 15.6. The Morgan fingerprint density at radius 2 is 1.95 bits per heavy atom. The summed E-state index contributed by atoms with van der Waals surface area (Å²) in [5.41, 5.74) is 1.83. The molecule has 2 rings (SSSR count). The summed E-state index contributed by atoms with van der Waals surface area (Å²) in [6.45, 7) is 6.08. The molecule has 112 valence electrons. The van der Waals surface area contributed by atoms with Gasteiger partial charge in [-0.25, -0.2) is 4.79 Å². The molecule has 1 aromatic heterocycles. The number of esters is 1. The molecule has 0 unspecified atom stereocenters. The van der Waals surface area contributed by atoms with Crippen LogP contribution in [0.4, 0.5) is 0 Å². The van der Waals surface area contributed by atoms with Crippen LogP contribution in [0, 0.1) is 13.8 Å². The summed E-state index contributed by atoms with van der Waals surface area (Å²) < 4.78 is 15.5. The normalized spacial score (nSPS) is 10.7. The van der Waals surface area contributed by atoms with E-state index in [0.29, 0.717) is 23.5 Å². The van der Waals surface area contributed by atoms with Crippen LogP contribution in [0.5, 0.6) is 5.75 Å². The average Bonchev–Trinajstić information content (AvgIpc) is 2.47. The largest absolute Gasteiger partial charge is 0.493 e. The standard InChI is InChI=1S/C16H18O5/c1-5-20-13-7-6-11-9(2)12(8-14(17)19-4)16(18)21-15(11)10(13)3/h6-7H,5,8H2,1-4H3. The quantitative estimate of drug-likeness (QED) is 0.639. The number of carbonyl (C=O) groups excluding carboxylic acids is 1. The van der Waals surface area contributed by atoms with Gasteiger partial charge in [-0.15, -0.1) is 0 Å². The lowest BCUT2D eigenvalue weighted by Crippen LogP contribution is -2.16. The second kappa shape index (κ2) is 5.99. The average molecular weight is 290 g/mol. The third kappa shape index (κ3) is 2.77. The summed E-state index contributed by atoms with van der Waals surface area (Å²) in [7, 11) is 1.29. The molecule has 0 N–H and O–H groups in total. The maximum Gasteiger partial charge on any atom is 0.340 e. The third-order valence-electron chi connectivity index (χ3n) is 3.50. The van der Waals surface area contributed by atoms with E-state index in [4.69, 9.17) is 9.15 Å². The molecule has 1 heterocycles. The predicted molar refractivity (Wildman–Crippen MR) is 78.8 cm³/mol. The number of fused-ring (bicyclic) bond motifs is 1. The van der Waals surface area contributed by atoms with Gasteiger partial charge in [0.05, 0.1) is 25.7 Å². The van der Waals surface area contributed by atoms with E-state index in [0.717, 1.165) is 16.5 Å². The molecule has 2 aromatic rings. The summed E-state index contributed by atoms with van der Waals surface area (Å²) in [6.07, 6.45) is -0.0904. The molecule has 0 aliphatic rings. The Balaban J connectivity index is 2.66. The number of hydrogen-bond acceptors (Lipinski definition) is 5. The van der Waals surface area contributed by atoms with E-state index in [1.807, 2.05) is 26.0 Å². The molecular formula is C16H18O5. The first-order valence-electron chi connectivity index (χ1n) is 6.75. The molecule has 0 aliphatic heterocycles. The van der Waals surface area contributed by atoms with Crippen molar-refractivity contribution in [3.8, 4) is 5.75 Å². The van der Waals surface area contributed by atoms with Gasteiger partial charge in [0.15, 0.2) is 0 Å². The minimum absolute atomic E-state index is 0.0904. The van der Waals surface area contributed by atoms with Crippen molar-refractivity contribution in [2.45, 2.75) is 27.2 Å². The van der Waals surface area contributed by atoms with E-state index < -0.39 is 11.6 Å². The van der Waals surface area contributed by atoms with Gasteiger partial charge in [-0.1, -0.05) is 0 Å². The number of carbonyl (C=O) groups is 1. The summed E-state index contributed by atoms with van der Waals surface area (Å²) in [5, 5.41) is 0.800. The van der Waals surface area contributed by atoms with Gasteiger partial charge in [0.25, 0.3) is 0 Å². The van der Waals surface area contributed by atoms with Gasteiger partial charge < -0.3 is 13.9 Å². The minimum atomic E-state index is -0.512. The molecule has 21 heavy (non-hydrogen) atoms. The molecule has 0 aliphatic carbocycles. The Labute approximate surface area is 122 Å². The molecule has 0 bridgehead atoms. The SMILES string of the molecule is CCOc1ccc2c(C)c(CC(=O)OC)c(=O)oc2c1C. The fourth-order valence-corrected chi connectivity index (χ4v) is 2.30. The Hall–Kier alpha value is -2.30. The fourth-order valence-electron chi connectivity index (χ4n) is 2.30. The number of benzene rings is 1. The van der Waals surface area contributed by atoms with Gasteiger partial charge in [0, 0.05) is 10.9 Å². The zero-order valence-electron chi connectivity index (χ0n) is 12.6. The number of methoxy groups -OCH3 is 1. The van der Waals surface area contributed by atoms with Crippen molar-refractivity contribution in [3.05, 3.63) is 39.2 Å². The lowest BCUT2D eigenvalue weighted by Gasteiger charge is -2.12. The topological polar surface area (TPSA) is 65.7 Å². The van der Waals surface area contributed by atoms with Crippen LogP contribution < -0.4 is 10.4 Å². The van der Waals surface area contributed by atoms with Gasteiger partial charge in [-0.05, 0) is 38.5 Å². The summed E-state index contributed by atoms with van der Waals surface area (Å²) in [4.78, 5) is 23.5. The molecule has 0 fully saturated rings. The highest BCUT2D eigenvalue weighted by Gasteiger charge is 2.17. The Morgan fingerprint density at radius 1 is 1.24 bits per heavy atom. The van der Waals surface area contributed by atoms with Gasteiger partial charge in [0.2, 0.25) is 0 Å². The first-order valence-corrected chi connectivity index (χ1v) is 6.75. The lowest BCUT2D eigenvalue weighted by molar-refractivity contribution is -0.139. The van der Waals surface area contributed by atoms with Crippen molar-refractivity contribution in [3.63, 3.8) is 0 Å². The Bertz CT molecular complexity index is 742. The van der Waals surface area contributed by atoms with Crippen LogP contribution in [0.1, 0.15) is 23.6 Å². The first-order chi connectivity index (χ1) is 9.99. The molecule has 0 radical (unpaired) electrons. The van der Waals surface area contributed by atoms with E-state index in [2.05, 4.69) is 4.74 Å². The highest BCUT2D eigenvalue weighted by atomic mass is 16.5. The van der Waals surface area contributed by atoms with E-state index in [1.54, 1.807) is 6.92 Å². The highest BCUT2D eigenvalue weighted by molar-refractivity contribution is 5.86. The zero-order valence-corrected chi connectivity index (χ0v) is 12.6. The molecule has 0 amide bonds. The monoisotopic (exact) mass is 290 g/mol. The molecule has 1 aromatic carbocycles. The van der Waals surface area contributed by atoms with Crippen LogP contribution in [0.2, 0.25) is 0 Å². The summed E-state index contributed by atoms with van der Waals surface area (Å²) in [5.74, 6) is 0.223. The molecule has 5 nitrogen and oxygen atoms in total. The van der Waals surface area contributed by atoms with Gasteiger partial charge in [-0.2, -0.15) is 0 Å². The van der Waals surface area contributed by atoms with Crippen LogP contribution in [0.3, 0.4) is 0 Å². The predicted octanol–water partition coefficient (Wildman–Crippen LogP) is 2.52. The number of aryl methyl sites for hydroxylation is 2. The van der Waals surface area contributed by atoms with Gasteiger partial charge in [-0.3, -0.25) is 4.79 Å². The second-order valence-corrected chi connectivity index (χ2v) is 4.74. The fraction of sp³-hybridized carbons (Fsp3) is 0.375. The van der Waals surface area contributed by atoms with Crippen molar-refractivity contribution in [2.75, 3.05) is 13.7 Å². The summed E-state index contributed by atoms with van der Waals surface area (Å²) in [6, 6.07) is 3.68. The molecule has 0 saturated heterocycles. The van der Waals surface area contributed by atoms with E-state index in [9.17, 15) is 9.59 Å². The van der Waals surface area contributed by atoms with Crippen LogP contribution >= 0.6 is 0 Å². The van der Waals surface area contributed by atoms with Crippen molar-refractivity contribution in [2.24, 2.45) is 0 Å². The van der Waals surface area contributed by atoms with Crippen LogP contribution in [0.15, 0.2) is 21.3 Å². The third-order valence-corrected chi connectivity index (χ3v) is 3.50. The van der Waals surface area contributed by atoms with E-state index >= 15 is 0 Å². The smallest absolute Gasteiger partial charge is 0.340 e. The number of rotatable bonds is 4. The Morgan fingerprint density at radius 3 is 2.57 bits per heavy atom.